The molecule has 3 heteroatoms. The zero-order chi connectivity index (χ0) is 13.7. The molecule has 3 nitrogen and oxygen atoms in total. The van der Waals surface area contributed by atoms with Crippen LogP contribution in [0.2, 0.25) is 0 Å². The molecule has 1 aliphatic carbocycles. The topological polar surface area (TPSA) is 41.1 Å². The predicted octanol–water partition coefficient (Wildman–Crippen LogP) is 2.89. The molecule has 1 aromatic rings. The Kier molecular flexibility index (Phi) is 4.83. The van der Waals surface area contributed by atoms with Crippen molar-refractivity contribution >= 4 is 11.6 Å². The third kappa shape index (κ3) is 3.98. The normalized spacial score (nSPS) is 14.1. The molecule has 2 N–H and O–H groups in total. The molecule has 0 aromatic heterocycles. The van der Waals surface area contributed by atoms with Crippen molar-refractivity contribution in [2.75, 3.05) is 11.9 Å². The van der Waals surface area contributed by atoms with Crippen molar-refractivity contribution in [2.24, 2.45) is 0 Å². The average Bonchev–Trinajstić information content (AvgIpc) is 2.38. The average molecular weight is 260 g/mol. The molecule has 0 aliphatic heterocycles. The number of hydrogen-bond donors (Lipinski definition) is 2. The Labute approximate surface area is 115 Å². The minimum absolute atomic E-state index is 0.118. The smallest absolute Gasteiger partial charge is 0.221 e. The van der Waals surface area contributed by atoms with Crippen molar-refractivity contribution in [1.29, 1.82) is 0 Å². The van der Waals surface area contributed by atoms with Gasteiger partial charge in [0.15, 0.2) is 0 Å². The van der Waals surface area contributed by atoms with Gasteiger partial charge in [0.25, 0.3) is 0 Å². The van der Waals surface area contributed by atoms with Crippen molar-refractivity contribution in [1.82, 2.24) is 5.32 Å². The van der Waals surface area contributed by atoms with E-state index in [1.807, 2.05) is 13.8 Å². The van der Waals surface area contributed by atoms with Crippen LogP contribution in [0.1, 0.15) is 44.2 Å². The molecule has 0 heterocycles. The van der Waals surface area contributed by atoms with Crippen LogP contribution in [0, 0.1) is 0 Å². The highest BCUT2D eigenvalue weighted by Crippen LogP contribution is 2.27. The van der Waals surface area contributed by atoms with Gasteiger partial charge in [0.1, 0.15) is 0 Å². The fourth-order valence-electron chi connectivity index (χ4n) is 2.65. The first-order chi connectivity index (χ1) is 9.16. The second-order valence-electron chi connectivity index (χ2n) is 5.55. The van der Waals surface area contributed by atoms with Gasteiger partial charge in [-0.3, -0.25) is 4.79 Å². The molecule has 1 amide bonds. The summed E-state index contributed by atoms with van der Waals surface area (Å²) >= 11 is 0. The number of anilines is 1. The molecular weight excluding hydrogens is 236 g/mol. The van der Waals surface area contributed by atoms with Crippen molar-refractivity contribution in [3.8, 4) is 0 Å². The van der Waals surface area contributed by atoms with Gasteiger partial charge in [-0.15, -0.1) is 0 Å². The second kappa shape index (κ2) is 6.60. The zero-order valence-electron chi connectivity index (χ0n) is 12.0. The van der Waals surface area contributed by atoms with Gasteiger partial charge in [0, 0.05) is 24.7 Å². The van der Waals surface area contributed by atoms with E-state index < -0.39 is 0 Å². The molecule has 104 valence electrons. The first-order valence-electron chi connectivity index (χ1n) is 7.31. The summed E-state index contributed by atoms with van der Waals surface area (Å²) in [5, 5.41) is 6.33. The van der Waals surface area contributed by atoms with E-state index in [1.54, 1.807) is 0 Å². The molecule has 0 unspecified atom stereocenters. The van der Waals surface area contributed by atoms with Crippen LogP contribution >= 0.6 is 0 Å². The van der Waals surface area contributed by atoms with E-state index >= 15 is 0 Å². The molecule has 0 atom stereocenters. The van der Waals surface area contributed by atoms with Crippen LogP contribution in [0.4, 0.5) is 5.69 Å². The van der Waals surface area contributed by atoms with Crippen LogP contribution in [0.25, 0.3) is 0 Å². The number of hydrogen-bond acceptors (Lipinski definition) is 2. The Balaban J connectivity index is 1.88. The lowest BCUT2D eigenvalue weighted by molar-refractivity contribution is -0.121. The minimum atomic E-state index is 0.118. The van der Waals surface area contributed by atoms with Gasteiger partial charge in [-0.1, -0.05) is 12.1 Å². The van der Waals surface area contributed by atoms with Crippen LogP contribution in [0.15, 0.2) is 18.2 Å². The minimum Gasteiger partial charge on any atom is -0.384 e. The van der Waals surface area contributed by atoms with Crippen LogP contribution in [0.3, 0.4) is 0 Å². The fraction of sp³-hybridized carbons (Fsp3) is 0.562. The maximum absolute atomic E-state index is 11.6. The lowest BCUT2D eigenvalue weighted by Gasteiger charge is -2.20. The molecule has 0 bridgehead atoms. The number of aryl methyl sites for hydroxylation is 1. The van der Waals surface area contributed by atoms with Gasteiger partial charge in [-0.05, 0) is 56.7 Å². The van der Waals surface area contributed by atoms with E-state index in [0.717, 1.165) is 6.42 Å². The van der Waals surface area contributed by atoms with Gasteiger partial charge in [0.05, 0.1) is 0 Å². The third-order valence-corrected chi connectivity index (χ3v) is 3.51. The third-order valence-electron chi connectivity index (χ3n) is 3.51. The van der Waals surface area contributed by atoms with Crippen molar-refractivity contribution in [3.63, 3.8) is 0 Å². The second-order valence-corrected chi connectivity index (χ2v) is 5.55. The van der Waals surface area contributed by atoms with Gasteiger partial charge in [0.2, 0.25) is 5.91 Å². The van der Waals surface area contributed by atoms with E-state index in [4.69, 9.17) is 0 Å². The molecule has 0 fully saturated rings. The fourth-order valence-corrected chi connectivity index (χ4v) is 2.65. The molecule has 19 heavy (non-hydrogen) atoms. The zero-order valence-corrected chi connectivity index (χ0v) is 12.0. The summed E-state index contributed by atoms with van der Waals surface area (Å²) in [5.41, 5.74) is 4.15. The van der Waals surface area contributed by atoms with Crippen molar-refractivity contribution < 1.29 is 4.79 Å². The van der Waals surface area contributed by atoms with Crippen LogP contribution in [0.5, 0.6) is 0 Å². The summed E-state index contributed by atoms with van der Waals surface area (Å²) in [5.74, 6) is 0.118. The predicted molar refractivity (Wildman–Crippen MR) is 79.5 cm³/mol. The first-order valence-corrected chi connectivity index (χ1v) is 7.31. The van der Waals surface area contributed by atoms with E-state index in [2.05, 4.69) is 28.8 Å². The van der Waals surface area contributed by atoms with Gasteiger partial charge in [-0.25, -0.2) is 0 Å². The quantitative estimate of drug-likeness (QED) is 0.854. The lowest BCUT2D eigenvalue weighted by Crippen LogP contribution is -2.31. The summed E-state index contributed by atoms with van der Waals surface area (Å²) < 4.78 is 0. The number of fused-ring (bicyclic) bond motifs is 1. The number of rotatable bonds is 5. The Hall–Kier alpha value is -1.51. The lowest BCUT2D eigenvalue weighted by atomic mass is 9.90. The molecule has 0 radical (unpaired) electrons. The van der Waals surface area contributed by atoms with Gasteiger partial charge in [-0.2, -0.15) is 0 Å². The molecule has 0 spiro atoms. The summed E-state index contributed by atoms with van der Waals surface area (Å²) in [4.78, 5) is 11.6. The van der Waals surface area contributed by atoms with Gasteiger partial charge < -0.3 is 10.6 Å². The summed E-state index contributed by atoms with van der Waals surface area (Å²) in [6, 6.07) is 6.69. The molecule has 1 aromatic carbocycles. The van der Waals surface area contributed by atoms with Gasteiger partial charge >= 0.3 is 0 Å². The Morgan fingerprint density at radius 2 is 2.05 bits per heavy atom. The SMILES string of the molecule is CC(C)NC(=O)CCNc1cccc2c1CCCC2. The van der Waals surface area contributed by atoms with Crippen LogP contribution < -0.4 is 10.6 Å². The molecule has 0 saturated carbocycles. The summed E-state index contributed by atoms with van der Waals surface area (Å²) in [6.45, 7) is 4.67. The number of nitrogens with one attached hydrogen (secondary N) is 2. The van der Waals surface area contributed by atoms with Crippen molar-refractivity contribution in [3.05, 3.63) is 29.3 Å². The monoisotopic (exact) mass is 260 g/mol. The molecule has 0 saturated heterocycles. The Morgan fingerprint density at radius 3 is 2.84 bits per heavy atom. The number of carbonyl (C=O) groups is 1. The molecule has 2 rings (SSSR count). The standard InChI is InChI=1S/C16H24N2O/c1-12(2)18-16(19)10-11-17-15-9-5-7-13-6-3-4-8-14(13)15/h5,7,9,12,17H,3-4,6,8,10-11H2,1-2H3,(H,18,19). The first kappa shape index (κ1) is 13.9. The Morgan fingerprint density at radius 1 is 1.26 bits per heavy atom. The highest BCUT2D eigenvalue weighted by atomic mass is 16.1. The highest BCUT2D eigenvalue weighted by Gasteiger charge is 2.12. The number of benzene rings is 1. The number of carbonyl (C=O) groups excluding carboxylic acids is 1. The number of amides is 1. The van der Waals surface area contributed by atoms with E-state index in [9.17, 15) is 4.79 Å². The van der Waals surface area contributed by atoms with E-state index in [1.165, 1.54) is 36.1 Å². The van der Waals surface area contributed by atoms with Crippen LogP contribution in [-0.4, -0.2) is 18.5 Å². The van der Waals surface area contributed by atoms with Crippen molar-refractivity contribution in [2.45, 2.75) is 52.0 Å². The summed E-state index contributed by atoms with van der Waals surface area (Å²) in [6.07, 6.45) is 5.46. The van der Waals surface area contributed by atoms with E-state index in [0.29, 0.717) is 13.0 Å². The largest absolute Gasteiger partial charge is 0.384 e. The highest BCUT2D eigenvalue weighted by molar-refractivity contribution is 5.76. The Bertz CT molecular complexity index is 440. The van der Waals surface area contributed by atoms with Crippen LogP contribution in [-0.2, 0) is 17.6 Å². The molecule has 1 aliphatic rings. The van der Waals surface area contributed by atoms with E-state index in [-0.39, 0.29) is 11.9 Å². The molecular formula is C16H24N2O. The summed E-state index contributed by atoms with van der Waals surface area (Å²) in [7, 11) is 0. The maximum Gasteiger partial charge on any atom is 0.221 e. The maximum atomic E-state index is 11.6.